The van der Waals surface area contributed by atoms with E-state index in [0.29, 0.717) is 0 Å². The third kappa shape index (κ3) is 14.3. The summed E-state index contributed by atoms with van der Waals surface area (Å²) in [5.41, 5.74) is 6.82. The molecule has 1 aromatic rings. The zero-order chi connectivity index (χ0) is 22.8. The van der Waals surface area contributed by atoms with Crippen molar-refractivity contribution < 1.29 is 4.79 Å². The molecule has 2 nitrogen and oxygen atoms in total. The Labute approximate surface area is 205 Å². The van der Waals surface area contributed by atoms with Crippen LogP contribution >= 0.6 is 12.4 Å². The van der Waals surface area contributed by atoms with Gasteiger partial charge in [-0.15, -0.1) is 12.4 Å². The Kier molecular flexibility index (Phi) is 19.1. The van der Waals surface area contributed by atoms with E-state index < -0.39 is 6.04 Å². The molecule has 0 saturated heterocycles. The van der Waals surface area contributed by atoms with Crippen molar-refractivity contribution in [3.05, 3.63) is 35.9 Å². The van der Waals surface area contributed by atoms with Gasteiger partial charge in [0.2, 0.25) is 0 Å². The molecule has 0 bridgehead atoms. The number of nitrogens with two attached hydrogens (primary N) is 1. The van der Waals surface area contributed by atoms with Crippen LogP contribution in [0.25, 0.3) is 0 Å². The van der Waals surface area contributed by atoms with Gasteiger partial charge < -0.3 is 5.73 Å². The van der Waals surface area contributed by atoms with Crippen molar-refractivity contribution in [1.29, 1.82) is 0 Å². The zero-order valence-electron chi connectivity index (χ0n) is 21.4. The highest BCUT2D eigenvalue weighted by Gasteiger charge is 2.31. The number of ketones is 1. The maximum absolute atomic E-state index is 12.8. The number of hydrogen-bond acceptors (Lipinski definition) is 2. The Morgan fingerprint density at radius 2 is 1.09 bits per heavy atom. The molecule has 0 heterocycles. The van der Waals surface area contributed by atoms with Gasteiger partial charge in [-0.1, -0.05) is 154 Å². The first kappa shape index (κ1) is 31.1. The van der Waals surface area contributed by atoms with Gasteiger partial charge in [-0.2, -0.15) is 0 Å². The highest BCUT2D eigenvalue weighted by atomic mass is 35.5. The largest absolute Gasteiger partial charge is 0.318 e. The van der Waals surface area contributed by atoms with Crippen molar-refractivity contribution in [3.8, 4) is 0 Å². The van der Waals surface area contributed by atoms with Gasteiger partial charge in [0.25, 0.3) is 0 Å². The second-order valence-electron chi connectivity index (χ2n) is 10.2. The Hall–Kier alpha value is -0.860. The van der Waals surface area contributed by atoms with Crippen LogP contribution in [0.3, 0.4) is 0 Å². The minimum absolute atomic E-state index is 0. The van der Waals surface area contributed by atoms with Crippen molar-refractivity contribution in [2.75, 3.05) is 0 Å². The molecular weight excluding hydrogens is 414 g/mol. The lowest BCUT2D eigenvalue weighted by Crippen LogP contribution is -2.34. The van der Waals surface area contributed by atoms with E-state index in [4.69, 9.17) is 5.73 Å². The number of carbonyl (C=O) groups is 1. The van der Waals surface area contributed by atoms with Gasteiger partial charge in [0.15, 0.2) is 5.78 Å². The van der Waals surface area contributed by atoms with Crippen LogP contribution in [-0.2, 0) is 4.79 Å². The van der Waals surface area contributed by atoms with E-state index in [9.17, 15) is 4.79 Å². The molecule has 1 unspecified atom stereocenters. The first-order valence-corrected chi connectivity index (χ1v) is 13.3. The lowest BCUT2D eigenvalue weighted by molar-refractivity contribution is -0.129. The minimum atomic E-state index is -0.503. The maximum Gasteiger partial charge on any atom is 0.159 e. The number of Topliss-reactive ketones (excluding diaryl/α,β-unsaturated/α-hetero) is 1. The molecule has 0 aliphatic heterocycles. The summed E-state index contributed by atoms with van der Waals surface area (Å²) in [5.74, 6) is 0.166. The number of benzene rings is 1. The maximum atomic E-state index is 12.8. The Morgan fingerprint density at radius 3 is 1.50 bits per heavy atom. The second-order valence-corrected chi connectivity index (χ2v) is 10.2. The SMILES string of the molecule is CCCCCCCCCCCCCCCCCCC(C)(C)C(=O)C(N)c1ccccc1.Cl. The van der Waals surface area contributed by atoms with Gasteiger partial charge in [-0.25, -0.2) is 0 Å². The highest BCUT2D eigenvalue weighted by Crippen LogP contribution is 2.30. The predicted octanol–water partition coefficient (Wildman–Crippen LogP) is 9.36. The second kappa shape index (κ2) is 19.6. The molecule has 186 valence electrons. The van der Waals surface area contributed by atoms with E-state index in [-0.39, 0.29) is 23.6 Å². The molecule has 32 heavy (non-hydrogen) atoms. The number of carbonyl (C=O) groups excluding carboxylic acids is 1. The number of rotatable bonds is 20. The Morgan fingerprint density at radius 1 is 0.719 bits per heavy atom. The van der Waals surface area contributed by atoms with Crippen LogP contribution < -0.4 is 5.73 Å². The highest BCUT2D eigenvalue weighted by molar-refractivity contribution is 5.89. The molecule has 0 radical (unpaired) electrons. The normalized spacial score (nSPS) is 12.4. The summed E-state index contributed by atoms with van der Waals surface area (Å²) in [5, 5.41) is 0. The summed E-state index contributed by atoms with van der Waals surface area (Å²) in [4.78, 5) is 12.8. The van der Waals surface area contributed by atoms with E-state index >= 15 is 0 Å². The summed E-state index contributed by atoms with van der Waals surface area (Å²) in [6.07, 6.45) is 22.9. The molecule has 1 atom stereocenters. The fourth-order valence-electron chi connectivity index (χ4n) is 4.47. The van der Waals surface area contributed by atoms with E-state index in [2.05, 4.69) is 20.8 Å². The van der Waals surface area contributed by atoms with Crippen LogP contribution in [0.4, 0.5) is 0 Å². The lowest BCUT2D eigenvalue weighted by atomic mass is 9.78. The zero-order valence-corrected chi connectivity index (χ0v) is 22.2. The van der Waals surface area contributed by atoms with Gasteiger partial charge >= 0.3 is 0 Å². The summed E-state index contributed by atoms with van der Waals surface area (Å²) in [7, 11) is 0. The quantitative estimate of drug-likeness (QED) is 0.195. The smallest absolute Gasteiger partial charge is 0.159 e. The fraction of sp³-hybridized carbons (Fsp3) is 0.759. The van der Waals surface area contributed by atoms with Crippen molar-refractivity contribution in [3.63, 3.8) is 0 Å². The molecule has 0 saturated carbocycles. The van der Waals surface area contributed by atoms with Gasteiger partial charge in [0.1, 0.15) is 0 Å². The molecule has 1 aromatic carbocycles. The minimum Gasteiger partial charge on any atom is -0.318 e. The molecule has 1 rings (SSSR count). The topological polar surface area (TPSA) is 43.1 Å². The summed E-state index contributed by atoms with van der Waals surface area (Å²) < 4.78 is 0. The third-order valence-electron chi connectivity index (χ3n) is 6.76. The molecule has 0 aromatic heterocycles. The van der Waals surface area contributed by atoms with Crippen LogP contribution in [0.1, 0.15) is 142 Å². The monoisotopic (exact) mass is 465 g/mol. The Balaban J connectivity index is 0.00000961. The van der Waals surface area contributed by atoms with E-state index in [0.717, 1.165) is 18.4 Å². The summed E-state index contributed by atoms with van der Waals surface area (Å²) in [6, 6.07) is 9.26. The van der Waals surface area contributed by atoms with Crippen LogP contribution in [0, 0.1) is 5.41 Å². The molecule has 2 N–H and O–H groups in total. The van der Waals surface area contributed by atoms with Crippen molar-refractivity contribution in [1.82, 2.24) is 0 Å². The van der Waals surface area contributed by atoms with E-state index in [1.807, 2.05) is 30.3 Å². The summed E-state index contributed by atoms with van der Waals surface area (Å²) >= 11 is 0. The van der Waals surface area contributed by atoms with Crippen molar-refractivity contribution >= 4 is 18.2 Å². The van der Waals surface area contributed by atoms with Crippen LogP contribution in [0.15, 0.2) is 30.3 Å². The number of hydrogen-bond donors (Lipinski definition) is 1. The van der Waals surface area contributed by atoms with Crippen LogP contribution in [0.2, 0.25) is 0 Å². The Bertz CT molecular complexity index is 558. The van der Waals surface area contributed by atoms with E-state index in [1.54, 1.807) is 0 Å². The van der Waals surface area contributed by atoms with Gasteiger partial charge in [-0.3, -0.25) is 4.79 Å². The summed E-state index contributed by atoms with van der Waals surface area (Å²) in [6.45, 7) is 6.40. The fourth-order valence-corrected chi connectivity index (χ4v) is 4.47. The third-order valence-corrected chi connectivity index (χ3v) is 6.76. The van der Waals surface area contributed by atoms with E-state index in [1.165, 1.54) is 96.3 Å². The molecule has 3 heteroatoms. The first-order chi connectivity index (χ1) is 15.0. The first-order valence-electron chi connectivity index (χ1n) is 13.3. The van der Waals surface area contributed by atoms with Crippen LogP contribution in [0.5, 0.6) is 0 Å². The lowest BCUT2D eigenvalue weighted by Gasteiger charge is -2.26. The van der Waals surface area contributed by atoms with Gasteiger partial charge in [-0.05, 0) is 12.0 Å². The molecular formula is C29H52ClNO. The number of unbranched alkanes of at least 4 members (excludes halogenated alkanes) is 15. The predicted molar refractivity (Wildman–Crippen MR) is 144 cm³/mol. The molecule has 0 aliphatic carbocycles. The number of halogens is 1. The molecule has 0 aliphatic rings. The van der Waals surface area contributed by atoms with Crippen molar-refractivity contribution in [2.24, 2.45) is 11.1 Å². The van der Waals surface area contributed by atoms with Gasteiger partial charge in [0.05, 0.1) is 6.04 Å². The molecule has 0 fully saturated rings. The average molecular weight is 466 g/mol. The average Bonchev–Trinajstić information content (AvgIpc) is 2.78. The van der Waals surface area contributed by atoms with Gasteiger partial charge in [0, 0.05) is 5.41 Å². The van der Waals surface area contributed by atoms with Crippen LogP contribution in [-0.4, -0.2) is 5.78 Å². The molecule has 0 amide bonds. The van der Waals surface area contributed by atoms with Crippen molar-refractivity contribution in [2.45, 2.75) is 136 Å². The molecule has 0 spiro atoms. The standard InChI is InChI=1S/C29H51NO.ClH/c1-4-5-6-7-8-9-10-11-12-13-14-15-16-17-18-22-25-29(2,3)28(31)27(30)26-23-20-19-21-24-26;/h19-21,23-24,27H,4-18,22,25,30H2,1-3H3;1H.